The Morgan fingerprint density at radius 2 is 2.00 bits per heavy atom. The maximum Gasteiger partial charge on any atom is 0.249 e. The fraction of sp³-hybridized carbons (Fsp3) is 0.667. The second kappa shape index (κ2) is 3.17. The summed E-state index contributed by atoms with van der Waals surface area (Å²) < 4.78 is 0. The first-order valence-electron chi connectivity index (χ1n) is 5.90. The second-order valence-electron chi connectivity index (χ2n) is 5.21. The largest absolute Gasteiger partial charge is 0.362 e. The van der Waals surface area contributed by atoms with E-state index in [0.717, 1.165) is 19.5 Å². The molecule has 0 amide bonds. The van der Waals surface area contributed by atoms with Gasteiger partial charge in [0.1, 0.15) is 0 Å². The number of nitrogens with zero attached hydrogens (tertiary/aromatic N) is 2. The van der Waals surface area contributed by atoms with Gasteiger partial charge in [-0.2, -0.15) is 0 Å². The smallest absolute Gasteiger partial charge is 0.249 e. The van der Waals surface area contributed by atoms with Crippen molar-refractivity contribution >= 4 is 5.69 Å². The summed E-state index contributed by atoms with van der Waals surface area (Å²) in [5, 5.41) is 0. The van der Waals surface area contributed by atoms with Crippen molar-refractivity contribution in [3.63, 3.8) is 0 Å². The lowest BCUT2D eigenvalue weighted by atomic mass is 10.2. The number of piperazine rings is 1. The predicted octanol–water partition coefficient (Wildman–Crippen LogP) is -0.0461. The minimum Gasteiger partial charge on any atom is -0.362 e. The molecule has 1 aromatic rings. The van der Waals surface area contributed by atoms with Gasteiger partial charge in [0.15, 0.2) is 0 Å². The van der Waals surface area contributed by atoms with Crippen LogP contribution in [0.2, 0.25) is 0 Å². The molecule has 0 saturated carbocycles. The van der Waals surface area contributed by atoms with E-state index in [1.54, 1.807) is 0 Å². The van der Waals surface area contributed by atoms with Crippen molar-refractivity contribution in [2.45, 2.75) is 38.4 Å². The van der Waals surface area contributed by atoms with Gasteiger partial charge in [-0.15, -0.1) is 0 Å². The molecule has 2 saturated heterocycles. The second-order valence-corrected chi connectivity index (χ2v) is 5.21. The van der Waals surface area contributed by atoms with Gasteiger partial charge < -0.3 is 4.90 Å². The van der Waals surface area contributed by atoms with Crippen LogP contribution in [0.4, 0.5) is 5.69 Å². The van der Waals surface area contributed by atoms with Gasteiger partial charge in [-0.25, -0.2) is 0 Å². The van der Waals surface area contributed by atoms with Gasteiger partial charge >= 0.3 is 0 Å². The van der Waals surface area contributed by atoms with E-state index in [1.165, 1.54) is 6.07 Å². The Labute approximate surface area is 94.2 Å². The van der Waals surface area contributed by atoms with Gasteiger partial charge in [-0.1, -0.05) is 0 Å². The molecule has 2 fully saturated rings. The molecule has 2 aliphatic rings. The molecule has 0 aromatic heterocycles. The first kappa shape index (κ1) is 10.0. The topological polar surface area (TPSA) is 40.6 Å². The molecular formula is C12H16N2O2. The summed E-state index contributed by atoms with van der Waals surface area (Å²) in [4.78, 5) is 26.9. The van der Waals surface area contributed by atoms with Crippen molar-refractivity contribution in [3.8, 4) is 0 Å². The van der Waals surface area contributed by atoms with Crippen LogP contribution in [0, 0.1) is 0 Å². The van der Waals surface area contributed by atoms with E-state index in [0.29, 0.717) is 23.8 Å². The highest BCUT2D eigenvalue weighted by Crippen LogP contribution is 2.34. The predicted molar refractivity (Wildman–Crippen MR) is 62.7 cm³/mol. The molecule has 0 N–H and O–H groups in total. The summed E-state index contributed by atoms with van der Waals surface area (Å²) in [6.45, 7) is 6.36. The maximum atomic E-state index is 11.4. The van der Waals surface area contributed by atoms with Crippen LogP contribution in [0.25, 0.3) is 0 Å². The van der Waals surface area contributed by atoms with Gasteiger partial charge in [-0.3, -0.25) is 14.5 Å². The highest BCUT2D eigenvalue weighted by Gasteiger charge is 2.45. The monoisotopic (exact) mass is 220 g/mol. The summed E-state index contributed by atoms with van der Waals surface area (Å²) in [5.74, 6) is 0. The third-order valence-corrected chi connectivity index (χ3v) is 3.98. The number of likely N-dealkylation sites (tertiary alicyclic amines) is 1. The van der Waals surface area contributed by atoms with Crippen molar-refractivity contribution in [3.05, 3.63) is 26.5 Å². The third kappa shape index (κ3) is 1.19. The molecule has 2 bridgehead atoms. The molecule has 2 aliphatic heterocycles. The van der Waals surface area contributed by atoms with Crippen molar-refractivity contribution in [2.24, 2.45) is 0 Å². The van der Waals surface area contributed by atoms with Crippen molar-refractivity contribution in [1.29, 1.82) is 0 Å². The molecule has 3 rings (SSSR count). The lowest BCUT2D eigenvalue weighted by Gasteiger charge is -2.37. The Kier molecular flexibility index (Phi) is 1.98. The van der Waals surface area contributed by atoms with Gasteiger partial charge in [0, 0.05) is 37.3 Å². The SMILES string of the molecule is CC(C)N1C[C@@H]2C[C@H]1CN2c1cc(=O)c1=O. The standard InChI is InChI=1S/C12H16N2O2/c1-7(2)13-5-9-3-8(13)6-14(9)10-4-11(15)12(10)16/h4,7-9H,3,5-6H2,1-2H3/t8-,9-/m0/s1. The van der Waals surface area contributed by atoms with E-state index in [-0.39, 0.29) is 10.9 Å². The number of hydrogen-bond acceptors (Lipinski definition) is 4. The highest BCUT2D eigenvalue weighted by atomic mass is 16.2. The zero-order chi connectivity index (χ0) is 11.4. The van der Waals surface area contributed by atoms with E-state index in [4.69, 9.17) is 0 Å². The Balaban J connectivity index is 1.79. The fourth-order valence-electron chi connectivity index (χ4n) is 3.14. The Bertz CT molecular complexity index is 487. The lowest BCUT2D eigenvalue weighted by Crippen LogP contribution is -2.52. The van der Waals surface area contributed by atoms with Crippen LogP contribution in [0.5, 0.6) is 0 Å². The first-order chi connectivity index (χ1) is 7.58. The molecular weight excluding hydrogens is 204 g/mol. The third-order valence-electron chi connectivity index (χ3n) is 3.98. The summed E-state index contributed by atoms with van der Waals surface area (Å²) in [7, 11) is 0. The molecule has 0 radical (unpaired) electrons. The van der Waals surface area contributed by atoms with E-state index in [9.17, 15) is 9.59 Å². The molecule has 4 heteroatoms. The average Bonchev–Trinajstić information content (AvgIpc) is 2.83. The first-order valence-corrected chi connectivity index (χ1v) is 5.90. The molecule has 0 unspecified atom stereocenters. The molecule has 2 heterocycles. The Hall–Kier alpha value is -1.16. The summed E-state index contributed by atoms with van der Waals surface area (Å²) in [6.07, 6.45) is 1.14. The van der Waals surface area contributed by atoms with Gasteiger partial charge in [0.2, 0.25) is 10.9 Å². The van der Waals surface area contributed by atoms with E-state index in [1.807, 2.05) is 0 Å². The molecule has 0 spiro atoms. The quantitative estimate of drug-likeness (QED) is 0.655. The summed E-state index contributed by atoms with van der Waals surface area (Å²) in [6, 6.07) is 3.07. The number of fused-ring (bicyclic) bond motifs is 2. The number of hydrogen-bond donors (Lipinski definition) is 0. The zero-order valence-electron chi connectivity index (χ0n) is 9.64. The Morgan fingerprint density at radius 1 is 1.25 bits per heavy atom. The van der Waals surface area contributed by atoms with Gasteiger partial charge in [0.05, 0.1) is 5.69 Å². The normalized spacial score (nSPS) is 29.8. The van der Waals surface area contributed by atoms with E-state index >= 15 is 0 Å². The number of rotatable bonds is 2. The van der Waals surface area contributed by atoms with Gasteiger partial charge in [-0.05, 0) is 20.3 Å². The van der Waals surface area contributed by atoms with Crippen LogP contribution < -0.4 is 15.8 Å². The van der Waals surface area contributed by atoms with Crippen molar-refractivity contribution in [1.82, 2.24) is 4.90 Å². The minimum atomic E-state index is -0.335. The molecule has 86 valence electrons. The highest BCUT2D eigenvalue weighted by molar-refractivity contribution is 5.53. The van der Waals surface area contributed by atoms with Crippen molar-refractivity contribution < 1.29 is 0 Å². The van der Waals surface area contributed by atoms with E-state index < -0.39 is 0 Å². The van der Waals surface area contributed by atoms with Crippen LogP contribution in [0.15, 0.2) is 15.7 Å². The van der Waals surface area contributed by atoms with Gasteiger partial charge in [0.25, 0.3) is 0 Å². The summed E-state index contributed by atoms with van der Waals surface area (Å²) >= 11 is 0. The molecule has 2 atom stereocenters. The maximum absolute atomic E-state index is 11.4. The molecule has 0 aliphatic carbocycles. The van der Waals surface area contributed by atoms with Crippen LogP contribution in [-0.4, -0.2) is 36.1 Å². The van der Waals surface area contributed by atoms with Crippen molar-refractivity contribution in [2.75, 3.05) is 18.0 Å². The van der Waals surface area contributed by atoms with Crippen LogP contribution in [0.3, 0.4) is 0 Å². The Morgan fingerprint density at radius 3 is 2.44 bits per heavy atom. The molecule has 4 nitrogen and oxygen atoms in total. The molecule has 16 heavy (non-hydrogen) atoms. The minimum absolute atomic E-state index is 0.288. The lowest BCUT2D eigenvalue weighted by molar-refractivity contribution is 0.191. The molecule has 1 aromatic carbocycles. The van der Waals surface area contributed by atoms with E-state index in [2.05, 4.69) is 23.6 Å². The zero-order valence-corrected chi connectivity index (χ0v) is 9.64. The van der Waals surface area contributed by atoms with Crippen LogP contribution in [0.1, 0.15) is 20.3 Å². The number of anilines is 1. The summed E-state index contributed by atoms with van der Waals surface area (Å²) in [5.41, 5.74) is 0.0306. The average molecular weight is 220 g/mol. The fourth-order valence-corrected chi connectivity index (χ4v) is 3.14. The van der Waals surface area contributed by atoms with Crippen LogP contribution in [-0.2, 0) is 0 Å². The van der Waals surface area contributed by atoms with Crippen LogP contribution >= 0.6 is 0 Å².